The number of fused-ring (bicyclic) bond motifs is 7. The molecule has 1 aromatic heterocycles. The van der Waals surface area contributed by atoms with Crippen LogP contribution in [0.25, 0.3) is 43.5 Å². The van der Waals surface area contributed by atoms with Gasteiger partial charge in [0.05, 0.1) is 0 Å². The van der Waals surface area contributed by atoms with E-state index in [2.05, 4.69) is 146 Å². The van der Waals surface area contributed by atoms with Gasteiger partial charge in [-0.3, -0.25) is 0 Å². The Morgan fingerprint density at radius 1 is 0.643 bits per heavy atom. The summed E-state index contributed by atoms with van der Waals surface area (Å²) in [5.41, 5.74) is 4.32. The van der Waals surface area contributed by atoms with Crippen LogP contribution in [0.15, 0.2) is 141 Å². The summed E-state index contributed by atoms with van der Waals surface area (Å²) in [5.74, 6) is 0.912. The molecule has 0 unspecified atom stereocenters. The zero-order valence-electron chi connectivity index (χ0n) is 23.7. The van der Waals surface area contributed by atoms with Crippen LogP contribution in [0, 0.1) is 6.92 Å². The smallest absolute Gasteiger partial charge is 0.309 e. The SMILES string of the molecule is Cc1ccc(SC[C@H](Cc2ccccc2)N(C)p2oc3ccc4ccccc4c3c3c(ccc4ccccc43)o2)cc1. The van der Waals surface area contributed by atoms with E-state index in [1.807, 2.05) is 11.8 Å². The predicted octanol–water partition coefficient (Wildman–Crippen LogP) is 10.9. The largest absolute Gasteiger partial charge is 0.408 e. The van der Waals surface area contributed by atoms with Crippen LogP contribution >= 0.6 is 19.9 Å². The summed E-state index contributed by atoms with van der Waals surface area (Å²) in [5, 5.41) is 6.93. The fourth-order valence-corrected chi connectivity index (χ4v) is 8.16. The van der Waals surface area contributed by atoms with Crippen LogP contribution in [0.4, 0.5) is 0 Å². The van der Waals surface area contributed by atoms with Crippen LogP contribution in [-0.2, 0) is 6.42 Å². The first kappa shape index (κ1) is 26.9. The lowest BCUT2D eigenvalue weighted by Gasteiger charge is -2.25. The first-order valence-corrected chi connectivity index (χ1v) is 16.4. The van der Waals surface area contributed by atoms with Gasteiger partial charge >= 0.3 is 8.16 Å². The van der Waals surface area contributed by atoms with E-state index in [0.717, 1.165) is 34.1 Å². The Morgan fingerprint density at radius 3 is 1.79 bits per heavy atom. The van der Waals surface area contributed by atoms with Gasteiger partial charge in [-0.1, -0.05) is 109 Å². The van der Waals surface area contributed by atoms with Crippen molar-refractivity contribution in [3.8, 4) is 0 Å². The van der Waals surface area contributed by atoms with Crippen LogP contribution < -0.4 is 4.67 Å². The molecule has 0 spiro atoms. The number of hydrogen-bond donors (Lipinski definition) is 0. The van der Waals surface area contributed by atoms with E-state index in [1.165, 1.54) is 37.6 Å². The van der Waals surface area contributed by atoms with Crippen molar-refractivity contribution in [1.82, 2.24) is 0 Å². The minimum absolute atomic E-state index is 0.190. The molecule has 6 aromatic carbocycles. The Labute approximate surface area is 251 Å². The van der Waals surface area contributed by atoms with Crippen molar-refractivity contribution in [1.29, 1.82) is 0 Å². The topological polar surface area (TPSA) is 29.5 Å². The highest BCUT2D eigenvalue weighted by Gasteiger charge is 2.23. The maximum atomic E-state index is 6.90. The molecule has 3 nitrogen and oxygen atoms in total. The Morgan fingerprint density at radius 2 is 1.19 bits per heavy atom. The summed E-state index contributed by atoms with van der Waals surface area (Å²) < 4.78 is 16.1. The third kappa shape index (κ3) is 5.34. The minimum atomic E-state index is -1.44. The number of rotatable bonds is 7. The molecule has 1 heterocycles. The lowest BCUT2D eigenvalue weighted by Crippen LogP contribution is -2.33. The summed E-state index contributed by atoms with van der Waals surface area (Å²) >= 11 is 1.89. The van der Waals surface area contributed by atoms with E-state index in [-0.39, 0.29) is 6.04 Å². The summed E-state index contributed by atoms with van der Waals surface area (Å²) in [7, 11) is 0.710. The first-order chi connectivity index (χ1) is 20.6. The monoisotopic (exact) mass is 585 g/mol. The molecule has 42 heavy (non-hydrogen) atoms. The number of aryl methyl sites for hydroxylation is 1. The Kier molecular flexibility index (Phi) is 7.52. The lowest BCUT2D eigenvalue weighted by atomic mass is 9.99. The second-order valence-corrected chi connectivity index (χ2v) is 13.3. The van der Waals surface area contributed by atoms with Crippen molar-refractivity contribution in [2.24, 2.45) is 0 Å². The van der Waals surface area contributed by atoms with Crippen LogP contribution in [0.1, 0.15) is 11.1 Å². The molecule has 7 aromatic rings. The van der Waals surface area contributed by atoms with Gasteiger partial charge in [0.15, 0.2) is 0 Å². The average molecular weight is 586 g/mol. The van der Waals surface area contributed by atoms with Crippen molar-refractivity contribution < 1.29 is 8.39 Å². The zero-order chi connectivity index (χ0) is 28.5. The maximum Gasteiger partial charge on any atom is 0.309 e. The molecule has 0 saturated carbocycles. The van der Waals surface area contributed by atoms with Crippen molar-refractivity contribution in [3.05, 3.63) is 139 Å². The molecule has 1 atom stereocenters. The maximum absolute atomic E-state index is 6.90. The third-order valence-electron chi connectivity index (χ3n) is 7.95. The standard InChI is InChI=1S/C37H32NO2PS/c1-26-16-20-31(21-17-26)42-25-30(24-27-10-4-3-5-11-27)38(2)41-39-34-22-18-28-12-6-8-14-32(28)36(34)37-33-15-9-7-13-29(33)19-23-35(37)40-41/h3-23,30H,24-25H2,1-2H3/t30-/m0/s1. The van der Waals surface area contributed by atoms with Crippen molar-refractivity contribution in [2.75, 3.05) is 17.5 Å². The van der Waals surface area contributed by atoms with E-state index < -0.39 is 8.16 Å². The van der Waals surface area contributed by atoms with Crippen LogP contribution in [0.2, 0.25) is 0 Å². The highest BCUT2D eigenvalue weighted by atomic mass is 32.2. The summed E-state index contributed by atoms with van der Waals surface area (Å²) in [6, 6.07) is 45.4. The molecule has 0 bridgehead atoms. The van der Waals surface area contributed by atoms with Gasteiger partial charge in [-0.25, -0.2) is 4.67 Å². The molecule has 208 valence electrons. The molecule has 0 fully saturated rings. The first-order valence-electron chi connectivity index (χ1n) is 14.3. The highest BCUT2D eigenvalue weighted by molar-refractivity contribution is 7.99. The summed E-state index contributed by atoms with van der Waals surface area (Å²) in [4.78, 5) is 1.27. The van der Waals surface area contributed by atoms with E-state index >= 15 is 0 Å². The lowest BCUT2D eigenvalue weighted by molar-refractivity contribution is 0.606. The Balaban J connectivity index is 1.41. The van der Waals surface area contributed by atoms with Crippen LogP contribution in [-0.4, -0.2) is 18.8 Å². The summed E-state index contributed by atoms with van der Waals surface area (Å²) in [6.07, 6.45) is 0.900. The van der Waals surface area contributed by atoms with Gasteiger partial charge in [-0.2, -0.15) is 0 Å². The average Bonchev–Trinajstić information content (AvgIpc) is 3.21. The normalized spacial score (nSPS) is 12.5. The summed E-state index contributed by atoms with van der Waals surface area (Å²) in [6.45, 7) is 2.13. The van der Waals surface area contributed by atoms with Crippen LogP contribution in [0.3, 0.4) is 0 Å². The van der Waals surface area contributed by atoms with E-state index in [9.17, 15) is 0 Å². The molecule has 0 N–H and O–H groups in total. The predicted molar refractivity (Wildman–Crippen MR) is 181 cm³/mol. The number of benzene rings is 6. The molecule has 0 aliphatic rings. The molecule has 0 aliphatic heterocycles. The minimum Gasteiger partial charge on any atom is -0.408 e. The number of nitrogens with zero attached hydrogens (tertiary/aromatic N) is 1. The Bertz CT molecular complexity index is 1960. The molecule has 0 saturated heterocycles. The molecular formula is C37H32NO2PS. The molecule has 0 amide bonds. The van der Waals surface area contributed by atoms with E-state index in [1.54, 1.807) is 0 Å². The molecule has 7 rings (SSSR count). The van der Waals surface area contributed by atoms with Gasteiger partial charge in [-0.05, 0) is 64.7 Å². The quantitative estimate of drug-likeness (QED) is 0.174. The third-order valence-corrected chi connectivity index (χ3v) is 10.7. The second kappa shape index (κ2) is 11.7. The molecule has 0 radical (unpaired) electrons. The molecule has 5 heteroatoms. The zero-order valence-corrected chi connectivity index (χ0v) is 25.4. The fourth-order valence-electron chi connectivity index (χ4n) is 5.63. The second-order valence-electron chi connectivity index (χ2n) is 10.8. The van der Waals surface area contributed by atoms with Gasteiger partial charge in [0, 0.05) is 34.5 Å². The Hall–Kier alpha value is -3.95. The van der Waals surface area contributed by atoms with Gasteiger partial charge in [0.1, 0.15) is 11.2 Å². The van der Waals surface area contributed by atoms with Crippen molar-refractivity contribution >= 4 is 63.4 Å². The van der Waals surface area contributed by atoms with Crippen LogP contribution in [0.5, 0.6) is 0 Å². The van der Waals surface area contributed by atoms with E-state index in [4.69, 9.17) is 8.39 Å². The van der Waals surface area contributed by atoms with Crippen molar-refractivity contribution in [3.63, 3.8) is 0 Å². The number of hydrogen-bond acceptors (Lipinski definition) is 4. The fraction of sp³-hybridized carbons (Fsp3) is 0.135. The highest BCUT2D eigenvalue weighted by Crippen LogP contribution is 2.42. The molecule has 0 aliphatic carbocycles. The molecular weight excluding hydrogens is 553 g/mol. The number of thioether (sulfide) groups is 1. The van der Waals surface area contributed by atoms with Crippen molar-refractivity contribution in [2.45, 2.75) is 24.3 Å². The van der Waals surface area contributed by atoms with Gasteiger partial charge < -0.3 is 8.39 Å². The van der Waals surface area contributed by atoms with Gasteiger partial charge in [-0.15, -0.1) is 11.8 Å². The van der Waals surface area contributed by atoms with E-state index in [0.29, 0.717) is 0 Å². The number of likely N-dealkylation sites (N-methyl/N-ethyl adjacent to an activating group) is 1. The van der Waals surface area contributed by atoms with Gasteiger partial charge in [0.2, 0.25) is 0 Å². The van der Waals surface area contributed by atoms with Gasteiger partial charge in [0.25, 0.3) is 0 Å².